The molecule has 0 aliphatic heterocycles. The number of carbonyl (C=O) groups is 6. The minimum absolute atomic E-state index is 0.0864. The lowest BCUT2D eigenvalue weighted by Crippen LogP contribution is -2.51. The smallest absolute Gasteiger partial charge is 0.317 e. The van der Waals surface area contributed by atoms with Gasteiger partial charge in [0, 0.05) is 37.8 Å². The highest BCUT2D eigenvalue weighted by molar-refractivity contribution is 5.92. The fraction of sp³-hybridized carbons (Fsp3) is 0.500. The van der Waals surface area contributed by atoms with E-state index < -0.39 is 68.6 Å². The van der Waals surface area contributed by atoms with Crippen LogP contribution in [0.5, 0.6) is 5.75 Å². The van der Waals surface area contributed by atoms with Crippen molar-refractivity contribution in [3.05, 3.63) is 42.0 Å². The molecule has 1 atom stereocenters. The monoisotopic (exact) mass is 624 g/mol. The molecule has 0 radical (unpaired) electrons. The Balaban J connectivity index is 3.08. The molecule has 0 heterocycles. The Kier molecular flexibility index (Phi) is 16.7. The Morgan fingerprint density at radius 3 is 1.73 bits per heavy atom. The molecule has 0 saturated carbocycles. The number of nitrogens with one attached hydrogen (secondary N) is 1. The van der Waals surface area contributed by atoms with Crippen LogP contribution in [-0.4, -0.2) is 148 Å². The molecular weight excluding hydrogens is 584 g/mol. The van der Waals surface area contributed by atoms with E-state index in [9.17, 15) is 44.1 Å². The Bertz CT molecular complexity index is 1130. The molecule has 6 N–H and O–H groups in total. The van der Waals surface area contributed by atoms with Gasteiger partial charge >= 0.3 is 29.8 Å². The molecule has 0 bridgehead atoms. The Morgan fingerprint density at radius 2 is 1.25 bits per heavy atom. The van der Waals surface area contributed by atoms with Gasteiger partial charge in [0.1, 0.15) is 5.75 Å². The summed E-state index contributed by atoms with van der Waals surface area (Å²) in [4.78, 5) is 72.3. The standard InChI is InChI=1S/C28H40N4O12/c1-19(2)28(43)29-8-3-11-44-22-6-4-20(5-7-22)12-21(32(17-26(39)40)18-27(41)42)13-30(14-23(33)34)9-10-31(15-24(35)36)16-25(37)38/h4-7,21H,1,3,8-18H2,2H3,(H,29,43)(H,33,34)(H,35,36)(H,37,38)(H,39,40)(H,41,42). The zero-order valence-corrected chi connectivity index (χ0v) is 24.5. The highest BCUT2D eigenvalue weighted by Crippen LogP contribution is 2.17. The molecule has 1 unspecified atom stereocenters. The quantitative estimate of drug-likeness (QED) is 0.0622. The Hall–Kier alpha value is -4.54. The molecule has 1 amide bonds. The van der Waals surface area contributed by atoms with Crippen molar-refractivity contribution in [2.45, 2.75) is 25.8 Å². The first kappa shape index (κ1) is 37.5. The van der Waals surface area contributed by atoms with Gasteiger partial charge in [0.15, 0.2) is 0 Å². The molecule has 0 aliphatic carbocycles. The summed E-state index contributed by atoms with van der Waals surface area (Å²) in [5.74, 6) is -6.10. The van der Waals surface area contributed by atoms with Crippen LogP contribution in [0.3, 0.4) is 0 Å². The molecule has 0 aliphatic rings. The number of nitrogens with zero attached hydrogens (tertiary/aromatic N) is 3. The van der Waals surface area contributed by atoms with E-state index in [0.717, 1.165) is 4.90 Å². The van der Waals surface area contributed by atoms with Gasteiger partial charge in [-0.25, -0.2) is 0 Å². The number of benzene rings is 1. The van der Waals surface area contributed by atoms with Crippen molar-refractivity contribution >= 4 is 35.8 Å². The number of ether oxygens (including phenoxy) is 1. The maximum absolute atomic E-state index is 11.6. The van der Waals surface area contributed by atoms with Crippen LogP contribution < -0.4 is 10.1 Å². The van der Waals surface area contributed by atoms with Gasteiger partial charge in [-0.3, -0.25) is 43.5 Å². The van der Waals surface area contributed by atoms with Crippen molar-refractivity contribution in [3.8, 4) is 5.75 Å². The second-order valence-electron chi connectivity index (χ2n) is 10.1. The molecule has 1 aromatic carbocycles. The summed E-state index contributed by atoms with van der Waals surface area (Å²) in [7, 11) is 0. The van der Waals surface area contributed by atoms with Gasteiger partial charge in [0.05, 0.1) is 39.3 Å². The lowest BCUT2D eigenvalue weighted by Gasteiger charge is -2.34. The van der Waals surface area contributed by atoms with E-state index in [1.165, 1.54) is 9.80 Å². The summed E-state index contributed by atoms with van der Waals surface area (Å²) in [6, 6.07) is 5.93. The molecule has 1 aromatic rings. The van der Waals surface area contributed by atoms with Gasteiger partial charge in [0.2, 0.25) is 5.91 Å². The number of carboxylic acids is 5. The highest BCUT2D eigenvalue weighted by atomic mass is 16.5. The van der Waals surface area contributed by atoms with E-state index >= 15 is 0 Å². The van der Waals surface area contributed by atoms with Crippen LogP contribution in [0.2, 0.25) is 0 Å². The predicted octanol–water partition coefficient (Wildman–Crippen LogP) is -0.612. The number of aliphatic carboxylic acids is 5. The van der Waals surface area contributed by atoms with Crippen LogP contribution in [0.25, 0.3) is 0 Å². The number of rotatable bonds is 24. The minimum Gasteiger partial charge on any atom is -0.494 e. The highest BCUT2D eigenvalue weighted by Gasteiger charge is 2.27. The van der Waals surface area contributed by atoms with Gasteiger partial charge in [-0.15, -0.1) is 0 Å². The van der Waals surface area contributed by atoms with Crippen molar-refractivity contribution in [1.29, 1.82) is 0 Å². The van der Waals surface area contributed by atoms with Crippen molar-refractivity contribution in [2.75, 3.05) is 65.5 Å². The van der Waals surface area contributed by atoms with E-state index in [-0.39, 0.29) is 32.0 Å². The summed E-state index contributed by atoms with van der Waals surface area (Å²) in [6.07, 6.45) is 0.663. The largest absolute Gasteiger partial charge is 0.494 e. The molecule has 1 rings (SSSR count). The average Bonchev–Trinajstić information content (AvgIpc) is 2.89. The summed E-state index contributed by atoms with van der Waals surface area (Å²) in [6.45, 7) is 2.50. The van der Waals surface area contributed by atoms with Crippen molar-refractivity contribution in [2.24, 2.45) is 0 Å². The third-order valence-corrected chi connectivity index (χ3v) is 6.13. The van der Waals surface area contributed by atoms with Gasteiger partial charge in [-0.1, -0.05) is 18.7 Å². The molecular formula is C28H40N4O12. The lowest BCUT2D eigenvalue weighted by molar-refractivity contribution is -0.144. The zero-order valence-electron chi connectivity index (χ0n) is 24.5. The van der Waals surface area contributed by atoms with Gasteiger partial charge in [-0.2, -0.15) is 0 Å². The summed E-state index contributed by atoms with van der Waals surface area (Å²) in [5, 5.41) is 49.3. The van der Waals surface area contributed by atoms with E-state index in [2.05, 4.69) is 11.9 Å². The predicted molar refractivity (Wildman–Crippen MR) is 155 cm³/mol. The van der Waals surface area contributed by atoms with Crippen LogP contribution in [-0.2, 0) is 35.2 Å². The summed E-state index contributed by atoms with van der Waals surface area (Å²) >= 11 is 0. The Labute approximate surface area is 254 Å². The molecule has 16 nitrogen and oxygen atoms in total. The molecule has 0 fully saturated rings. The third kappa shape index (κ3) is 16.8. The maximum Gasteiger partial charge on any atom is 0.317 e. The van der Waals surface area contributed by atoms with E-state index in [1.807, 2.05) is 0 Å². The van der Waals surface area contributed by atoms with Gasteiger partial charge < -0.3 is 35.6 Å². The van der Waals surface area contributed by atoms with E-state index in [1.54, 1.807) is 31.2 Å². The number of hydrogen-bond donors (Lipinski definition) is 6. The molecule has 0 saturated heterocycles. The third-order valence-electron chi connectivity index (χ3n) is 6.13. The first-order valence-corrected chi connectivity index (χ1v) is 13.6. The second-order valence-corrected chi connectivity index (χ2v) is 10.1. The van der Waals surface area contributed by atoms with Gasteiger partial charge in [0.25, 0.3) is 0 Å². The first-order valence-electron chi connectivity index (χ1n) is 13.6. The van der Waals surface area contributed by atoms with Crippen LogP contribution in [0.15, 0.2) is 36.4 Å². The van der Waals surface area contributed by atoms with Crippen LogP contribution in [0.1, 0.15) is 18.9 Å². The lowest BCUT2D eigenvalue weighted by atomic mass is 10.0. The van der Waals surface area contributed by atoms with E-state index in [0.29, 0.717) is 36.5 Å². The van der Waals surface area contributed by atoms with Crippen LogP contribution in [0, 0.1) is 0 Å². The zero-order chi connectivity index (χ0) is 33.2. The fourth-order valence-corrected chi connectivity index (χ4v) is 4.18. The van der Waals surface area contributed by atoms with Crippen molar-refractivity contribution in [1.82, 2.24) is 20.0 Å². The molecule has 0 spiro atoms. The van der Waals surface area contributed by atoms with Crippen LogP contribution in [0.4, 0.5) is 0 Å². The summed E-state index contributed by atoms with van der Waals surface area (Å²) < 4.78 is 5.68. The maximum atomic E-state index is 11.6. The normalized spacial score (nSPS) is 11.7. The fourth-order valence-electron chi connectivity index (χ4n) is 4.18. The van der Waals surface area contributed by atoms with Crippen LogP contribution >= 0.6 is 0 Å². The average molecular weight is 625 g/mol. The molecule has 0 aromatic heterocycles. The number of carbonyl (C=O) groups excluding carboxylic acids is 1. The molecule has 244 valence electrons. The van der Waals surface area contributed by atoms with E-state index in [4.69, 9.17) is 14.9 Å². The number of carboxylic acid groups (broad SMARTS) is 5. The minimum atomic E-state index is -1.29. The topological polar surface area (TPSA) is 235 Å². The van der Waals surface area contributed by atoms with Crippen molar-refractivity contribution in [3.63, 3.8) is 0 Å². The van der Waals surface area contributed by atoms with Gasteiger partial charge in [-0.05, 0) is 37.5 Å². The van der Waals surface area contributed by atoms with Crippen molar-refractivity contribution < 1.29 is 59.0 Å². The molecule has 44 heavy (non-hydrogen) atoms. The second kappa shape index (κ2) is 19.6. The Morgan fingerprint density at radius 1 is 0.773 bits per heavy atom. The first-order chi connectivity index (χ1) is 20.7. The SMILES string of the molecule is C=C(C)C(=O)NCCCOc1ccc(CC(CN(CCN(CC(=O)O)CC(=O)O)CC(=O)O)N(CC(=O)O)CC(=O)O)cc1. The summed E-state index contributed by atoms with van der Waals surface area (Å²) in [5.41, 5.74) is 1.07. The number of hydrogen-bond acceptors (Lipinski definition) is 10. The molecule has 16 heteroatoms. The number of amides is 1.